The van der Waals surface area contributed by atoms with Crippen molar-refractivity contribution in [3.8, 4) is 0 Å². The van der Waals surface area contributed by atoms with Crippen molar-refractivity contribution in [2.75, 3.05) is 0 Å². The standard InChI is InChI=1S/C15H16FNO/c1-12-7-8-14(9-15(12)16)10-17-18-11-13-5-3-2-4-6-13/h2-9,17H,10-11H2,1H3. The smallest absolute Gasteiger partial charge is 0.126 e. The van der Waals surface area contributed by atoms with Gasteiger partial charge in [-0.2, -0.15) is 5.48 Å². The average Bonchev–Trinajstić information content (AvgIpc) is 2.40. The van der Waals surface area contributed by atoms with Crippen molar-refractivity contribution in [3.63, 3.8) is 0 Å². The Bertz CT molecular complexity index is 499. The molecule has 0 spiro atoms. The number of hydroxylamine groups is 1. The maximum absolute atomic E-state index is 13.3. The van der Waals surface area contributed by atoms with Gasteiger partial charge in [0.2, 0.25) is 0 Å². The molecule has 0 aromatic heterocycles. The lowest BCUT2D eigenvalue weighted by Gasteiger charge is -2.07. The van der Waals surface area contributed by atoms with Gasteiger partial charge in [-0.25, -0.2) is 4.39 Å². The summed E-state index contributed by atoms with van der Waals surface area (Å²) in [7, 11) is 0. The number of hydrogen-bond donors (Lipinski definition) is 1. The summed E-state index contributed by atoms with van der Waals surface area (Å²) in [6, 6.07) is 15.1. The molecule has 0 unspecified atom stereocenters. The van der Waals surface area contributed by atoms with Gasteiger partial charge in [-0.3, -0.25) is 4.84 Å². The van der Waals surface area contributed by atoms with E-state index in [0.717, 1.165) is 11.1 Å². The quantitative estimate of drug-likeness (QED) is 0.644. The van der Waals surface area contributed by atoms with Crippen molar-refractivity contribution in [2.24, 2.45) is 0 Å². The summed E-state index contributed by atoms with van der Waals surface area (Å²) < 4.78 is 13.3. The lowest BCUT2D eigenvalue weighted by molar-refractivity contribution is 0.0234. The fourth-order valence-corrected chi connectivity index (χ4v) is 1.59. The van der Waals surface area contributed by atoms with Gasteiger partial charge in [-0.05, 0) is 29.7 Å². The number of halogens is 1. The molecule has 0 aliphatic heterocycles. The maximum Gasteiger partial charge on any atom is 0.126 e. The number of hydrogen-bond acceptors (Lipinski definition) is 2. The molecule has 0 saturated carbocycles. The second-order valence-electron chi connectivity index (χ2n) is 4.18. The Morgan fingerprint density at radius 3 is 2.56 bits per heavy atom. The Kier molecular flexibility index (Phi) is 4.45. The summed E-state index contributed by atoms with van der Waals surface area (Å²) in [5.41, 5.74) is 5.45. The third-order valence-corrected chi connectivity index (χ3v) is 2.70. The van der Waals surface area contributed by atoms with Gasteiger partial charge in [0.05, 0.1) is 6.61 Å². The molecule has 0 amide bonds. The highest BCUT2D eigenvalue weighted by Crippen LogP contribution is 2.09. The van der Waals surface area contributed by atoms with Gasteiger partial charge < -0.3 is 0 Å². The van der Waals surface area contributed by atoms with E-state index in [2.05, 4.69) is 5.48 Å². The first-order valence-electron chi connectivity index (χ1n) is 5.89. The van der Waals surface area contributed by atoms with Crippen molar-refractivity contribution >= 4 is 0 Å². The fourth-order valence-electron chi connectivity index (χ4n) is 1.59. The molecule has 0 atom stereocenters. The van der Waals surface area contributed by atoms with E-state index in [9.17, 15) is 4.39 Å². The topological polar surface area (TPSA) is 21.3 Å². The highest BCUT2D eigenvalue weighted by Gasteiger charge is 1.99. The first-order chi connectivity index (χ1) is 8.75. The number of nitrogens with one attached hydrogen (secondary N) is 1. The fraction of sp³-hybridized carbons (Fsp3) is 0.200. The highest BCUT2D eigenvalue weighted by molar-refractivity contribution is 5.23. The molecule has 94 valence electrons. The molecule has 0 heterocycles. The Morgan fingerprint density at radius 1 is 1.06 bits per heavy atom. The molecule has 2 nitrogen and oxygen atoms in total. The van der Waals surface area contributed by atoms with Crippen LogP contribution in [-0.4, -0.2) is 0 Å². The first kappa shape index (κ1) is 12.7. The van der Waals surface area contributed by atoms with Gasteiger partial charge in [0, 0.05) is 6.54 Å². The van der Waals surface area contributed by atoms with Crippen molar-refractivity contribution in [1.82, 2.24) is 5.48 Å². The van der Waals surface area contributed by atoms with Crippen LogP contribution in [0.5, 0.6) is 0 Å². The van der Waals surface area contributed by atoms with Crippen LogP contribution in [0.2, 0.25) is 0 Å². The van der Waals surface area contributed by atoms with E-state index in [0.29, 0.717) is 18.7 Å². The van der Waals surface area contributed by atoms with E-state index in [1.807, 2.05) is 36.4 Å². The zero-order valence-electron chi connectivity index (χ0n) is 10.3. The van der Waals surface area contributed by atoms with Crippen LogP contribution in [0.25, 0.3) is 0 Å². The van der Waals surface area contributed by atoms with Crippen molar-refractivity contribution < 1.29 is 9.23 Å². The zero-order chi connectivity index (χ0) is 12.8. The largest absolute Gasteiger partial charge is 0.297 e. The lowest BCUT2D eigenvalue weighted by atomic mass is 10.1. The number of rotatable bonds is 5. The van der Waals surface area contributed by atoms with Crippen LogP contribution in [-0.2, 0) is 18.0 Å². The molecule has 0 aliphatic rings. The maximum atomic E-state index is 13.3. The van der Waals surface area contributed by atoms with Gasteiger partial charge in [0.25, 0.3) is 0 Å². The predicted molar refractivity (Wildman–Crippen MR) is 69.2 cm³/mol. The molecule has 18 heavy (non-hydrogen) atoms. The van der Waals surface area contributed by atoms with Gasteiger partial charge >= 0.3 is 0 Å². The summed E-state index contributed by atoms with van der Waals surface area (Å²) in [5.74, 6) is -0.183. The Morgan fingerprint density at radius 2 is 1.83 bits per heavy atom. The van der Waals surface area contributed by atoms with Crippen molar-refractivity contribution in [3.05, 3.63) is 71.0 Å². The van der Waals surface area contributed by atoms with Crippen LogP contribution in [0.4, 0.5) is 4.39 Å². The minimum absolute atomic E-state index is 0.183. The van der Waals surface area contributed by atoms with E-state index in [1.54, 1.807) is 13.0 Å². The van der Waals surface area contributed by atoms with Gasteiger partial charge in [0.1, 0.15) is 5.82 Å². The molecule has 1 N–H and O–H groups in total. The van der Waals surface area contributed by atoms with Crippen LogP contribution >= 0.6 is 0 Å². The van der Waals surface area contributed by atoms with Gasteiger partial charge in [-0.1, -0.05) is 42.5 Å². The molecule has 2 aromatic rings. The van der Waals surface area contributed by atoms with Crippen LogP contribution in [0.3, 0.4) is 0 Å². The van der Waals surface area contributed by atoms with Crippen LogP contribution in [0.15, 0.2) is 48.5 Å². The van der Waals surface area contributed by atoms with E-state index in [4.69, 9.17) is 4.84 Å². The minimum atomic E-state index is -0.183. The molecule has 3 heteroatoms. The minimum Gasteiger partial charge on any atom is -0.297 e. The average molecular weight is 245 g/mol. The summed E-state index contributed by atoms with van der Waals surface area (Å²) in [6.45, 7) is 2.73. The second kappa shape index (κ2) is 6.28. The molecule has 0 radical (unpaired) electrons. The molecule has 2 aromatic carbocycles. The summed E-state index contributed by atoms with van der Waals surface area (Å²) in [6.07, 6.45) is 0. The summed E-state index contributed by atoms with van der Waals surface area (Å²) in [5, 5.41) is 0. The molecule has 2 rings (SSSR count). The molecular weight excluding hydrogens is 229 g/mol. The predicted octanol–water partition coefficient (Wildman–Crippen LogP) is 3.36. The Labute approximate surface area is 106 Å². The van der Waals surface area contributed by atoms with Crippen LogP contribution in [0, 0.1) is 12.7 Å². The van der Waals surface area contributed by atoms with Crippen molar-refractivity contribution in [2.45, 2.75) is 20.1 Å². The second-order valence-corrected chi connectivity index (χ2v) is 4.18. The first-order valence-corrected chi connectivity index (χ1v) is 5.89. The van der Waals surface area contributed by atoms with Gasteiger partial charge in [-0.15, -0.1) is 0 Å². The summed E-state index contributed by atoms with van der Waals surface area (Å²) in [4.78, 5) is 5.32. The molecule has 0 bridgehead atoms. The molecule has 0 saturated heterocycles. The lowest BCUT2D eigenvalue weighted by Crippen LogP contribution is -2.14. The van der Waals surface area contributed by atoms with Crippen LogP contribution < -0.4 is 5.48 Å². The normalized spacial score (nSPS) is 10.6. The third kappa shape index (κ3) is 3.65. The zero-order valence-corrected chi connectivity index (χ0v) is 10.3. The molecule has 0 aliphatic carbocycles. The van der Waals surface area contributed by atoms with E-state index in [-0.39, 0.29) is 5.82 Å². The van der Waals surface area contributed by atoms with E-state index in [1.165, 1.54) is 6.07 Å². The highest BCUT2D eigenvalue weighted by atomic mass is 19.1. The molecule has 0 fully saturated rings. The Balaban J connectivity index is 1.77. The number of aryl methyl sites for hydroxylation is 1. The summed E-state index contributed by atoms with van der Waals surface area (Å²) >= 11 is 0. The Hall–Kier alpha value is -1.71. The number of benzene rings is 2. The molecular formula is C15H16FNO. The van der Waals surface area contributed by atoms with E-state index < -0.39 is 0 Å². The van der Waals surface area contributed by atoms with Crippen LogP contribution in [0.1, 0.15) is 16.7 Å². The van der Waals surface area contributed by atoms with E-state index >= 15 is 0 Å². The monoisotopic (exact) mass is 245 g/mol. The van der Waals surface area contributed by atoms with Crippen molar-refractivity contribution in [1.29, 1.82) is 0 Å². The third-order valence-electron chi connectivity index (χ3n) is 2.70. The van der Waals surface area contributed by atoms with Gasteiger partial charge in [0.15, 0.2) is 0 Å². The SMILES string of the molecule is Cc1ccc(CNOCc2ccccc2)cc1F.